The molecular formula is C37H33N3O8S. The van der Waals surface area contributed by atoms with E-state index >= 15 is 0 Å². The maximum atomic E-state index is 14.0. The highest BCUT2D eigenvalue weighted by Crippen LogP contribution is 2.36. The Bertz CT molecular complexity index is 2300. The number of benzene rings is 4. The van der Waals surface area contributed by atoms with E-state index in [1.54, 1.807) is 49.4 Å². The Hall–Kier alpha value is -5.88. The highest BCUT2D eigenvalue weighted by Gasteiger charge is 2.33. The van der Waals surface area contributed by atoms with Crippen LogP contribution in [-0.2, 0) is 14.3 Å². The van der Waals surface area contributed by atoms with Crippen molar-refractivity contribution in [2.24, 2.45) is 4.99 Å². The largest absolute Gasteiger partial charge is 0.493 e. The van der Waals surface area contributed by atoms with Crippen molar-refractivity contribution < 1.29 is 33.3 Å². The van der Waals surface area contributed by atoms with Crippen molar-refractivity contribution in [2.75, 3.05) is 40.4 Å². The van der Waals surface area contributed by atoms with Crippen LogP contribution in [0.25, 0.3) is 16.8 Å². The minimum Gasteiger partial charge on any atom is -0.493 e. The summed E-state index contributed by atoms with van der Waals surface area (Å²) in [5, 5.41) is 4.85. The predicted octanol–water partition coefficient (Wildman–Crippen LogP) is 4.60. The number of nitrogens with one attached hydrogen (secondary N) is 1. The van der Waals surface area contributed by atoms with Gasteiger partial charge in [-0.2, -0.15) is 0 Å². The first-order valence-electron chi connectivity index (χ1n) is 15.2. The molecule has 0 radical (unpaired) electrons. The number of nitrogens with zero attached hydrogens (tertiary/aromatic N) is 2. The number of ether oxygens (including phenoxy) is 5. The molecule has 2 heterocycles. The number of amides is 1. The van der Waals surface area contributed by atoms with E-state index in [9.17, 15) is 14.4 Å². The average Bonchev–Trinajstić information content (AvgIpc) is 3.43. The second-order valence-corrected chi connectivity index (χ2v) is 12.0. The first-order valence-corrected chi connectivity index (χ1v) is 16.0. The highest BCUT2D eigenvalue weighted by molar-refractivity contribution is 7.07. The van der Waals surface area contributed by atoms with E-state index in [4.69, 9.17) is 23.7 Å². The number of methoxy groups -OCH3 is 4. The Kier molecular flexibility index (Phi) is 9.49. The summed E-state index contributed by atoms with van der Waals surface area (Å²) in [6.07, 6.45) is 1.71. The van der Waals surface area contributed by atoms with Gasteiger partial charge in [0.1, 0.15) is 0 Å². The van der Waals surface area contributed by atoms with E-state index in [1.807, 2.05) is 42.5 Å². The number of hydrogen-bond donors (Lipinski definition) is 1. The van der Waals surface area contributed by atoms with Crippen molar-refractivity contribution in [3.8, 4) is 23.0 Å². The molecule has 0 unspecified atom stereocenters. The molecule has 12 heteroatoms. The van der Waals surface area contributed by atoms with Gasteiger partial charge in [-0.3, -0.25) is 14.2 Å². The Morgan fingerprint density at radius 1 is 0.878 bits per heavy atom. The van der Waals surface area contributed by atoms with Crippen molar-refractivity contribution in [1.29, 1.82) is 0 Å². The lowest BCUT2D eigenvalue weighted by Crippen LogP contribution is -2.39. The second-order valence-electron chi connectivity index (χ2n) is 11.0. The molecule has 1 atom stereocenters. The van der Waals surface area contributed by atoms with E-state index in [0.29, 0.717) is 54.8 Å². The molecule has 0 saturated heterocycles. The topological polar surface area (TPSA) is 127 Å². The third kappa shape index (κ3) is 6.50. The van der Waals surface area contributed by atoms with Crippen LogP contribution in [0.4, 0.5) is 5.69 Å². The normalized spacial score (nSPS) is 14.1. The number of allylic oxidation sites excluding steroid dienone is 1. The summed E-state index contributed by atoms with van der Waals surface area (Å²) in [6, 6.07) is 23.0. The third-order valence-electron chi connectivity index (χ3n) is 8.06. The number of hydrogen-bond acceptors (Lipinski definition) is 10. The molecule has 1 aromatic heterocycles. The molecule has 0 spiro atoms. The second kappa shape index (κ2) is 14.1. The molecule has 5 aromatic rings. The first-order chi connectivity index (χ1) is 23.8. The van der Waals surface area contributed by atoms with Crippen molar-refractivity contribution in [3.05, 3.63) is 121 Å². The summed E-state index contributed by atoms with van der Waals surface area (Å²) in [5.41, 5.74) is 2.29. The lowest BCUT2D eigenvalue weighted by molar-refractivity contribution is -0.136. The van der Waals surface area contributed by atoms with Crippen LogP contribution >= 0.6 is 11.3 Å². The summed E-state index contributed by atoms with van der Waals surface area (Å²) in [5.74, 6) is 0.774. The van der Waals surface area contributed by atoms with Gasteiger partial charge in [-0.25, -0.2) is 9.79 Å². The molecule has 0 saturated carbocycles. The molecule has 0 fully saturated rings. The van der Waals surface area contributed by atoms with E-state index in [2.05, 4.69) is 10.3 Å². The van der Waals surface area contributed by atoms with E-state index in [1.165, 1.54) is 44.3 Å². The van der Waals surface area contributed by atoms with Gasteiger partial charge in [0.2, 0.25) is 0 Å². The zero-order chi connectivity index (χ0) is 34.7. The van der Waals surface area contributed by atoms with E-state index in [-0.39, 0.29) is 23.6 Å². The molecule has 1 aliphatic rings. The fourth-order valence-corrected chi connectivity index (χ4v) is 6.79. The van der Waals surface area contributed by atoms with E-state index < -0.39 is 12.0 Å². The fraction of sp³-hybridized carbons (Fsp3) is 0.189. The maximum Gasteiger partial charge on any atom is 0.338 e. The summed E-state index contributed by atoms with van der Waals surface area (Å²) >= 11 is 1.19. The minimum absolute atomic E-state index is 0.237. The average molecular weight is 680 g/mol. The number of carbonyl (C=O) groups is 2. The zero-order valence-electron chi connectivity index (χ0n) is 27.4. The van der Waals surface area contributed by atoms with Crippen LogP contribution in [0.1, 0.15) is 24.1 Å². The van der Waals surface area contributed by atoms with Crippen molar-refractivity contribution in [1.82, 2.24) is 4.57 Å². The molecule has 1 N–H and O–H groups in total. The molecule has 6 rings (SSSR count). The molecule has 0 aliphatic carbocycles. The van der Waals surface area contributed by atoms with Crippen LogP contribution in [0.15, 0.2) is 99.9 Å². The van der Waals surface area contributed by atoms with Crippen molar-refractivity contribution >= 4 is 45.7 Å². The number of fused-ring (bicyclic) bond motifs is 2. The molecule has 49 heavy (non-hydrogen) atoms. The zero-order valence-corrected chi connectivity index (χ0v) is 28.3. The van der Waals surface area contributed by atoms with Crippen LogP contribution in [0, 0.1) is 0 Å². The van der Waals surface area contributed by atoms with Crippen molar-refractivity contribution in [2.45, 2.75) is 13.0 Å². The number of carbonyl (C=O) groups excluding carboxylic acids is 2. The quantitative estimate of drug-likeness (QED) is 0.212. The monoisotopic (exact) mass is 679 g/mol. The maximum absolute atomic E-state index is 14.0. The van der Waals surface area contributed by atoms with Gasteiger partial charge in [-0.15, -0.1) is 0 Å². The van der Waals surface area contributed by atoms with Gasteiger partial charge in [0, 0.05) is 11.1 Å². The van der Waals surface area contributed by atoms with Gasteiger partial charge in [0.05, 0.1) is 50.3 Å². The number of anilines is 1. The van der Waals surface area contributed by atoms with E-state index in [0.717, 1.165) is 10.8 Å². The minimum atomic E-state index is -0.823. The third-order valence-corrected chi connectivity index (χ3v) is 9.04. The van der Waals surface area contributed by atoms with Gasteiger partial charge in [0.15, 0.2) is 34.4 Å². The van der Waals surface area contributed by atoms with Gasteiger partial charge < -0.3 is 29.0 Å². The predicted molar refractivity (Wildman–Crippen MR) is 186 cm³/mol. The first kappa shape index (κ1) is 33.0. The molecule has 250 valence electrons. The van der Waals surface area contributed by atoms with Crippen LogP contribution in [0.2, 0.25) is 0 Å². The molecule has 1 amide bonds. The highest BCUT2D eigenvalue weighted by atomic mass is 32.1. The number of aromatic nitrogens is 1. The van der Waals surface area contributed by atoms with Gasteiger partial charge in [0.25, 0.3) is 11.5 Å². The standard InChI is InChI=1S/C37H33N3O8S/c1-21-33(36(43)47-5)34(24-14-16-27(44-2)30(19-24)46-4)40-35(42)31(49-37(40)38-21)18-22-13-15-28(29(17-22)45-3)48-20-32(41)39-26-12-8-10-23-9-6-7-11-25(23)26/h6-19,34H,20H2,1-5H3,(H,39,41)/t34-/m1/s1. The lowest BCUT2D eigenvalue weighted by Gasteiger charge is -2.25. The van der Waals surface area contributed by atoms with Crippen LogP contribution in [0.3, 0.4) is 0 Å². The molecule has 0 bridgehead atoms. The Balaban J connectivity index is 1.30. The Morgan fingerprint density at radius 2 is 1.59 bits per heavy atom. The molecule has 11 nitrogen and oxygen atoms in total. The van der Waals surface area contributed by atoms with Gasteiger partial charge >= 0.3 is 5.97 Å². The number of rotatable bonds is 10. The summed E-state index contributed by atoms with van der Waals surface area (Å²) in [7, 11) is 5.83. The van der Waals surface area contributed by atoms with Crippen LogP contribution < -0.4 is 39.2 Å². The van der Waals surface area contributed by atoms with Gasteiger partial charge in [-0.1, -0.05) is 59.9 Å². The molecule has 4 aromatic carbocycles. The van der Waals surface area contributed by atoms with Crippen LogP contribution in [-0.4, -0.2) is 51.5 Å². The fourth-order valence-electron chi connectivity index (χ4n) is 5.74. The summed E-state index contributed by atoms with van der Waals surface area (Å²) in [4.78, 5) is 44.9. The Labute approximate surface area is 285 Å². The SMILES string of the molecule is COC(=O)C1=C(C)N=c2sc(=Cc3ccc(OCC(=O)Nc4cccc5ccccc45)c(OC)c3)c(=O)n2[C@@H]1c1ccc(OC)c(OC)c1. The molecular weight excluding hydrogens is 646 g/mol. The lowest BCUT2D eigenvalue weighted by atomic mass is 9.95. The smallest absolute Gasteiger partial charge is 0.338 e. The number of esters is 1. The summed E-state index contributed by atoms with van der Waals surface area (Å²) in [6.45, 7) is 1.47. The van der Waals surface area contributed by atoms with Gasteiger partial charge in [-0.05, 0) is 59.8 Å². The van der Waals surface area contributed by atoms with Crippen LogP contribution in [0.5, 0.6) is 23.0 Å². The molecule has 1 aliphatic heterocycles. The summed E-state index contributed by atoms with van der Waals surface area (Å²) < 4.78 is 29.3. The van der Waals surface area contributed by atoms with Crippen molar-refractivity contribution in [3.63, 3.8) is 0 Å². The Morgan fingerprint density at radius 3 is 2.35 bits per heavy atom. The number of thiazole rings is 1.